The molecule has 2 N–H and O–H groups in total. The highest BCUT2D eigenvalue weighted by Gasteiger charge is 2.32. The smallest absolute Gasteiger partial charge is 0.241 e. The lowest BCUT2D eigenvalue weighted by molar-refractivity contribution is 0.0236. The summed E-state index contributed by atoms with van der Waals surface area (Å²) < 4.78 is 32.0. The highest BCUT2D eigenvalue weighted by Crippen LogP contribution is 2.24. The molecule has 0 spiro atoms. The van der Waals surface area contributed by atoms with Crippen molar-refractivity contribution in [1.29, 1.82) is 0 Å². The standard InChI is InChI=1S/C11H17N3O3S/c1-12-11-7-10(3-4-13-11)18(15,16)14-8-5-9(6-8)17-2/h3-4,7-9,14H,5-6H2,1-2H3,(H,12,13). The van der Waals surface area contributed by atoms with E-state index in [9.17, 15) is 8.42 Å². The summed E-state index contributed by atoms with van der Waals surface area (Å²) in [5.41, 5.74) is 0. The molecule has 0 unspecified atom stereocenters. The highest BCUT2D eigenvalue weighted by molar-refractivity contribution is 7.89. The molecule has 18 heavy (non-hydrogen) atoms. The number of hydrogen-bond donors (Lipinski definition) is 2. The molecule has 0 aromatic carbocycles. The van der Waals surface area contributed by atoms with Gasteiger partial charge in [-0.05, 0) is 18.9 Å². The average molecular weight is 271 g/mol. The molecule has 1 aliphatic carbocycles. The average Bonchev–Trinajstić information content (AvgIpc) is 2.33. The number of nitrogens with zero attached hydrogens (tertiary/aromatic N) is 1. The Morgan fingerprint density at radius 3 is 2.78 bits per heavy atom. The molecule has 0 saturated heterocycles. The largest absolute Gasteiger partial charge is 0.381 e. The molecule has 0 bridgehead atoms. The van der Waals surface area contributed by atoms with Crippen LogP contribution >= 0.6 is 0 Å². The van der Waals surface area contributed by atoms with E-state index in [1.807, 2.05) is 0 Å². The lowest BCUT2D eigenvalue weighted by Gasteiger charge is -2.34. The SMILES string of the molecule is CNc1cc(S(=O)(=O)NC2CC(OC)C2)ccn1. The third-order valence-corrected chi connectivity index (χ3v) is 4.57. The van der Waals surface area contributed by atoms with Gasteiger partial charge in [-0.15, -0.1) is 0 Å². The number of anilines is 1. The summed E-state index contributed by atoms with van der Waals surface area (Å²) in [7, 11) is -0.138. The van der Waals surface area contributed by atoms with Crippen LogP contribution in [0.2, 0.25) is 0 Å². The maximum Gasteiger partial charge on any atom is 0.241 e. The number of aromatic nitrogens is 1. The fraction of sp³-hybridized carbons (Fsp3) is 0.545. The topological polar surface area (TPSA) is 80.3 Å². The third-order valence-electron chi connectivity index (χ3n) is 3.05. The first-order valence-electron chi connectivity index (χ1n) is 5.74. The van der Waals surface area contributed by atoms with Crippen molar-refractivity contribution in [2.24, 2.45) is 0 Å². The van der Waals surface area contributed by atoms with Gasteiger partial charge in [0.05, 0.1) is 11.0 Å². The molecule has 2 rings (SSSR count). The second kappa shape index (κ2) is 5.21. The van der Waals surface area contributed by atoms with Crippen LogP contribution in [-0.4, -0.2) is 39.7 Å². The van der Waals surface area contributed by atoms with Crippen molar-refractivity contribution >= 4 is 15.8 Å². The predicted octanol–water partition coefficient (Wildman–Crippen LogP) is 0.579. The maximum atomic E-state index is 12.1. The zero-order chi connectivity index (χ0) is 13.2. The Bertz CT molecular complexity index is 512. The Morgan fingerprint density at radius 2 is 2.17 bits per heavy atom. The van der Waals surface area contributed by atoms with Crippen LogP contribution < -0.4 is 10.0 Å². The van der Waals surface area contributed by atoms with Gasteiger partial charge in [0.2, 0.25) is 10.0 Å². The summed E-state index contributed by atoms with van der Waals surface area (Å²) in [5.74, 6) is 0.529. The van der Waals surface area contributed by atoms with Crippen LogP contribution in [0, 0.1) is 0 Å². The molecule has 0 aliphatic heterocycles. The van der Waals surface area contributed by atoms with Gasteiger partial charge in [-0.25, -0.2) is 18.1 Å². The lowest BCUT2D eigenvalue weighted by Crippen LogP contribution is -2.47. The molecule has 1 aromatic rings. The normalized spacial score (nSPS) is 23.4. The number of hydrogen-bond acceptors (Lipinski definition) is 5. The van der Waals surface area contributed by atoms with E-state index in [0.29, 0.717) is 5.82 Å². The lowest BCUT2D eigenvalue weighted by atomic mass is 9.90. The van der Waals surface area contributed by atoms with Crippen LogP contribution in [0.5, 0.6) is 0 Å². The molecule has 0 radical (unpaired) electrons. The van der Waals surface area contributed by atoms with E-state index < -0.39 is 10.0 Å². The van der Waals surface area contributed by atoms with Gasteiger partial charge in [0, 0.05) is 32.5 Å². The summed E-state index contributed by atoms with van der Waals surface area (Å²) >= 11 is 0. The van der Waals surface area contributed by atoms with Gasteiger partial charge >= 0.3 is 0 Å². The number of rotatable bonds is 5. The van der Waals surface area contributed by atoms with E-state index in [4.69, 9.17) is 4.74 Å². The van der Waals surface area contributed by atoms with Gasteiger partial charge in [-0.3, -0.25) is 0 Å². The van der Waals surface area contributed by atoms with Gasteiger partial charge in [0.15, 0.2) is 0 Å². The van der Waals surface area contributed by atoms with Crippen molar-refractivity contribution in [2.75, 3.05) is 19.5 Å². The number of sulfonamides is 1. The Morgan fingerprint density at radius 1 is 1.44 bits per heavy atom. The van der Waals surface area contributed by atoms with Crippen LogP contribution in [0.1, 0.15) is 12.8 Å². The first kappa shape index (κ1) is 13.3. The second-order valence-corrected chi connectivity index (χ2v) is 5.99. The van der Waals surface area contributed by atoms with Gasteiger partial charge < -0.3 is 10.1 Å². The van der Waals surface area contributed by atoms with E-state index >= 15 is 0 Å². The molecule has 1 heterocycles. The molecule has 0 atom stereocenters. The van der Waals surface area contributed by atoms with Crippen molar-refractivity contribution in [2.45, 2.75) is 29.9 Å². The second-order valence-electron chi connectivity index (χ2n) is 4.27. The molecule has 0 amide bonds. The molecule has 1 aromatic heterocycles. The van der Waals surface area contributed by atoms with E-state index in [0.717, 1.165) is 12.8 Å². The van der Waals surface area contributed by atoms with Gasteiger partial charge in [-0.2, -0.15) is 0 Å². The Kier molecular flexibility index (Phi) is 3.84. The van der Waals surface area contributed by atoms with Crippen molar-refractivity contribution in [3.8, 4) is 0 Å². The minimum absolute atomic E-state index is 0.0360. The molecule has 6 nitrogen and oxygen atoms in total. The van der Waals surface area contributed by atoms with Crippen LogP contribution in [0.4, 0.5) is 5.82 Å². The summed E-state index contributed by atoms with van der Waals surface area (Å²) in [5, 5.41) is 2.81. The number of ether oxygens (including phenoxy) is 1. The zero-order valence-corrected chi connectivity index (χ0v) is 11.2. The first-order chi connectivity index (χ1) is 8.55. The maximum absolute atomic E-state index is 12.1. The van der Waals surface area contributed by atoms with Crippen LogP contribution in [0.15, 0.2) is 23.2 Å². The van der Waals surface area contributed by atoms with Crippen molar-refractivity contribution < 1.29 is 13.2 Å². The first-order valence-corrected chi connectivity index (χ1v) is 7.22. The summed E-state index contributed by atoms with van der Waals surface area (Å²) in [6, 6.07) is 2.95. The zero-order valence-electron chi connectivity index (χ0n) is 10.4. The molecule has 1 saturated carbocycles. The van der Waals surface area contributed by atoms with Crippen molar-refractivity contribution in [1.82, 2.24) is 9.71 Å². The molecule has 7 heteroatoms. The van der Waals surface area contributed by atoms with Gasteiger partial charge in [-0.1, -0.05) is 0 Å². The minimum Gasteiger partial charge on any atom is -0.381 e. The van der Waals surface area contributed by atoms with E-state index in [1.54, 1.807) is 14.2 Å². The summed E-state index contributed by atoms with van der Waals surface area (Å²) in [4.78, 5) is 4.21. The van der Waals surface area contributed by atoms with Gasteiger partial charge in [0.25, 0.3) is 0 Å². The van der Waals surface area contributed by atoms with E-state index in [-0.39, 0.29) is 17.0 Å². The monoisotopic (exact) mass is 271 g/mol. The van der Waals surface area contributed by atoms with Crippen LogP contribution in [0.25, 0.3) is 0 Å². The van der Waals surface area contributed by atoms with Gasteiger partial charge in [0.1, 0.15) is 5.82 Å². The molecular weight excluding hydrogens is 254 g/mol. The minimum atomic E-state index is -3.47. The van der Waals surface area contributed by atoms with E-state index in [1.165, 1.54) is 18.3 Å². The molecule has 1 fully saturated rings. The van der Waals surface area contributed by atoms with Crippen LogP contribution in [-0.2, 0) is 14.8 Å². The van der Waals surface area contributed by atoms with Crippen molar-refractivity contribution in [3.63, 3.8) is 0 Å². The van der Waals surface area contributed by atoms with Crippen molar-refractivity contribution in [3.05, 3.63) is 18.3 Å². The molecule has 1 aliphatic rings. The number of nitrogens with one attached hydrogen (secondary N) is 2. The van der Waals surface area contributed by atoms with E-state index in [2.05, 4.69) is 15.0 Å². The number of pyridine rings is 1. The fourth-order valence-electron chi connectivity index (χ4n) is 1.86. The highest BCUT2D eigenvalue weighted by atomic mass is 32.2. The Hall–Kier alpha value is -1.18. The third kappa shape index (κ3) is 2.80. The summed E-state index contributed by atoms with van der Waals surface area (Å²) in [6.45, 7) is 0. The number of methoxy groups -OCH3 is 1. The molecule has 100 valence electrons. The quantitative estimate of drug-likeness (QED) is 0.819. The Labute approximate surface area is 107 Å². The molecular formula is C11H17N3O3S. The summed E-state index contributed by atoms with van der Waals surface area (Å²) in [6.07, 6.45) is 3.08. The fourth-order valence-corrected chi connectivity index (χ4v) is 3.13. The van der Waals surface area contributed by atoms with Crippen LogP contribution in [0.3, 0.4) is 0 Å². The Balaban J connectivity index is 2.06. The predicted molar refractivity (Wildman–Crippen MR) is 67.9 cm³/mol.